The highest BCUT2D eigenvalue weighted by atomic mass is 16.5. The monoisotopic (exact) mass is 344 g/mol. The standard InChI is InChI=1S/C21H28O4/c1-12(22)25-19-16-5-4-13-14-6-7-18(24)21(14,3)10-8-15(13)20(16,2)11-9-17(19)23/h5,13-15,19H,4,6-11H2,1-3H3/t13-,14-,15-,19-,20+,21-/m0/s1. The predicted molar refractivity (Wildman–Crippen MR) is 92.7 cm³/mol. The van der Waals surface area contributed by atoms with Gasteiger partial charge in [0, 0.05) is 25.2 Å². The molecule has 0 unspecified atom stereocenters. The number of hydrogen-bond acceptors (Lipinski definition) is 4. The number of ketones is 2. The Morgan fingerprint density at radius 3 is 2.52 bits per heavy atom. The molecule has 0 aromatic rings. The number of fused-ring (bicyclic) bond motifs is 5. The molecule has 3 fully saturated rings. The van der Waals surface area contributed by atoms with Crippen molar-refractivity contribution in [1.82, 2.24) is 0 Å². The Morgan fingerprint density at radius 1 is 1.08 bits per heavy atom. The van der Waals surface area contributed by atoms with Crippen LogP contribution in [-0.2, 0) is 19.1 Å². The lowest BCUT2D eigenvalue weighted by molar-refractivity contribution is -0.155. The summed E-state index contributed by atoms with van der Waals surface area (Å²) in [6.07, 6.45) is 7.48. The van der Waals surface area contributed by atoms with Crippen LogP contribution in [0, 0.1) is 28.6 Å². The van der Waals surface area contributed by atoms with Crippen molar-refractivity contribution in [2.75, 3.05) is 0 Å². The van der Waals surface area contributed by atoms with E-state index in [-0.39, 0.29) is 22.6 Å². The summed E-state index contributed by atoms with van der Waals surface area (Å²) in [6, 6.07) is 0. The lowest BCUT2D eigenvalue weighted by atomic mass is 9.48. The highest BCUT2D eigenvalue weighted by molar-refractivity contribution is 5.90. The van der Waals surface area contributed by atoms with Crippen LogP contribution in [0.15, 0.2) is 11.6 Å². The maximum Gasteiger partial charge on any atom is 0.303 e. The van der Waals surface area contributed by atoms with Crippen LogP contribution in [-0.4, -0.2) is 23.6 Å². The van der Waals surface area contributed by atoms with E-state index < -0.39 is 6.10 Å². The number of allylic oxidation sites excluding steroid dienone is 1. The largest absolute Gasteiger partial charge is 0.450 e. The maximum atomic E-state index is 12.5. The molecule has 4 nitrogen and oxygen atoms in total. The van der Waals surface area contributed by atoms with Gasteiger partial charge in [0.15, 0.2) is 11.9 Å². The molecule has 0 spiro atoms. The first-order valence-corrected chi connectivity index (χ1v) is 9.71. The van der Waals surface area contributed by atoms with Crippen molar-refractivity contribution in [3.05, 3.63) is 11.6 Å². The SMILES string of the molecule is CC(=O)O[C@@H]1C(=O)CC[C@@]2(C)C1=CC[C@@H]1[C@@H]2CC[C@]2(C)C(=O)CC[C@@H]12. The third-order valence-electron chi connectivity index (χ3n) is 7.98. The van der Waals surface area contributed by atoms with E-state index in [1.54, 1.807) is 0 Å². The highest BCUT2D eigenvalue weighted by Crippen LogP contribution is 2.63. The van der Waals surface area contributed by atoms with Gasteiger partial charge >= 0.3 is 5.97 Å². The molecule has 0 N–H and O–H groups in total. The van der Waals surface area contributed by atoms with E-state index in [0.717, 1.165) is 44.1 Å². The summed E-state index contributed by atoms with van der Waals surface area (Å²) in [6.45, 7) is 5.82. The van der Waals surface area contributed by atoms with Crippen LogP contribution in [0.3, 0.4) is 0 Å². The van der Waals surface area contributed by atoms with E-state index in [2.05, 4.69) is 19.9 Å². The van der Waals surface area contributed by atoms with E-state index in [1.165, 1.54) is 6.92 Å². The molecule has 0 aromatic heterocycles. The third kappa shape index (κ3) is 2.29. The smallest absolute Gasteiger partial charge is 0.303 e. The van der Waals surface area contributed by atoms with Gasteiger partial charge in [-0.1, -0.05) is 19.9 Å². The van der Waals surface area contributed by atoms with Crippen LogP contribution in [0.5, 0.6) is 0 Å². The molecular formula is C21H28O4. The number of carbonyl (C=O) groups is 3. The summed E-state index contributed by atoms with van der Waals surface area (Å²) >= 11 is 0. The van der Waals surface area contributed by atoms with Crippen molar-refractivity contribution in [1.29, 1.82) is 0 Å². The second kappa shape index (κ2) is 5.52. The minimum Gasteiger partial charge on any atom is -0.450 e. The molecular weight excluding hydrogens is 316 g/mol. The van der Waals surface area contributed by atoms with Crippen molar-refractivity contribution in [3.8, 4) is 0 Å². The van der Waals surface area contributed by atoms with Crippen LogP contribution < -0.4 is 0 Å². The number of esters is 1. The first-order chi connectivity index (χ1) is 11.8. The molecule has 0 bridgehead atoms. The number of hydrogen-bond donors (Lipinski definition) is 0. The number of Topliss-reactive ketones (excluding diaryl/α,β-unsaturated/α-hetero) is 2. The Balaban J connectivity index is 1.70. The van der Waals surface area contributed by atoms with Gasteiger partial charge in [-0.15, -0.1) is 0 Å². The van der Waals surface area contributed by atoms with Gasteiger partial charge < -0.3 is 4.74 Å². The Hall–Kier alpha value is -1.45. The molecule has 136 valence electrons. The molecule has 4 heteroatoms. The molecule has 0 heterocycles. The zero-order chi connectivity index (χ0) is 18.0. The van der Waals surface area contributed by atoms with Crippen molar-refractivity contribution in [2.24, 2.45) is 28.6 Å². The van der Waals surface area contributed by atoms with Crippen molar-refractivity contribution in [3.63, 3.8) is 0 Å². The molecule has 0 saturated heterocycles. The molecule has 4 aliphatic carbocycles. The minimum atomic E-state index is -0.685. The van der Waals surface area contributed by atoms with Gasteiger partial charge in [-0.05, 0) is 60.8 Å². The molecule has 0 radical (unpaired) electrons. The molecule has 25 heavy (non-hydrogen) atoms. The Kier molecular flexibility index (Phi) is 3.75. The second-order valence-electron chi connectivity index (χ2n) is 9.06. The Bertz CT molecular complexity index is 677. The van der Waals surface area contributed by atoms with E-state index in [4.69, 9.17) is 4.74 Å². The summed E-state index contributed by atoms with van der Waals surface area (Å²) in [5.74, 6) is 1.58. The number of rotatable bonds is 1. The van der Waals surface area contributed by atoms with E-state index in [1.807, 2.05) is 0 Å². The first-order valence-electron chi connectivity index (χ1n) is 9.71. The van der Waals surface area contributed by atoms with Gasteiger partial charge in [0.2, 0.25) is 0 Å². The van der Waals surface area contributed by atoms with Crippen LogP contribution in [0.2, 0.25) is 0 Å². The molecule has 4 aliphatic rings. The van der Waals surface area contributed by atoms with Crippen molar-refractivity contribution in [2.45, 2.75) is 71.8 Å². The fourth-order valence-corrected chi connectivity index (χ4v) is 6.61. The van der Waals surface area contributed by atoms with Gasteiger partial charge in [0.05, 0.1) is 0 Å². The molecule has 0 aromatic carbocycles. The molecule has 3 saturated carbocycles. The highest BCUT2D eigenvalue weighted by Gasteiger charge is 2.60. The van der Waals surface area contributed by atoms with Gasteiger partial charge in [-0.3, -0.25) is 14.4 Å². The summed E-state index contributed by atoms with van der Waals surface area (Å²) in [5.41, 5.74) is 0.820. The van der Waals surface area contributed by atoms with Crippen LogP contribution >= 0.6 is 0 Å². The molecule has 0 aliphatic heterocycles. The normalized spacial score (nSPS) is 46.0. The summed E-state index contributed by atoms with van der Waals surface area (Å²) in [7, 11) is 0. The van der Waals surface area contributed by atoms with Gasteiger partial charge in [-0.25, -0.2) is 0 Å². The van der Waals surface area contributed by atoms with E-state index in [0.29, 0.717) is 30.0 Å². The van der Waals surface area contributed by atoms with Crippen LogP contribution in [0.4, 0.5) is 0 Å². The third-order valence-corrected chi connectivity index (χ3v) is 7.98. The van der Waals surface area contributed by atoms with Gasteiger partial charge in [0.1, 0.15) is 5.78 Å². The minimum absolute atomic E-state index is 0.0362. The predicted octanol–water partition coefficient (Wildman–Crippen LogP) is 3.63. The first kappa shape index (κ1) is 17.0. The fraction of sp³-hybridized carbons (Fsp3) is 0.762. The topological polar surface area (TPSA) is 60.4 Å². The second-order valence-corrected chi connectivity index (χ2v) is 9.06. The summed E-state index contributed by atoms with van der Waals surface area (Å²) in [5, 5.41) is 0. The van der Waals surface area contributed by atoms with Crippen LogP contribution in [0.1, 0.15) is 65.7 Å². The quantitative estimate of drug-likeness (QED) is 0.538. The molecule has 6 atom stereocenters. The lowest BCUT2D eigenvalue weighted by Gasteiger charge is -2.56. The summed E-state index contributed by atoms with van der Waals surface area (Å²) < 4.78 is 5.43. The average Bonchev–Trinajstić information content (AvgIpc) is 2.86. The molecule has 4 rings (SSSR count). The fourth-order valence-electron chi connectivity index (χ4n) is 6.61. The lowest BCUT2D eigenvalue weighted by Crippen LogP contribution is -2.53. The van der Waals surface area contributed by atoms with Gasteiger partial charge in [-0.2, -0.15) is 0 Å². The van der Waals surface area contributed by atoms with E-state index in [9.17, 15) is 14.4 Å². The van der Waals surface area contributed by atoms with Crippen molar-refractivity contribution < 1.29 is 19.1 Å². The van der Waals surface area contributed by atoms with Gasteiger partial charge in [0.25, 0.3) is 0 Å². The van der Waals surface area contributed by atoms with Crippen molar-refractivity contribution >= 4 is 17.5 Å². The number of carbonyl (C=O) groups excluding carboxylic acids is 3. The van der Waals surface area contributed by atoms with Crippen LogP contribution in [0.25, 0.3) is 0 Å². The zero-order valence-electron chi connectivity index (χ0n) is 15.5. The average molecular weight is 344 g/mol. The number of ether oxygens (including phenoxy) is 1. The molecule has 0 amide bonds. The Morgan fingerprint density at radius 2 is 1.80 bits per heavy atom. The summed E-state index contributed by atoms with van der Waals surface area (Å²) in [4.78, 5) is 36.4. The van der Waals surface area contributed by atoms with E-state index >= 15 is 0 Å². The Labute approximate surface area is 149 Å². The maximum absolute atomic E-state index is 12.5. The zero-order valence-corrected chi connectivity index (χ0v) is 15.5.